The number of thiophene rings is 1. The fourth-order valence-electron chi connectivity index (χ4n) is 2.75. The second kappa shape index (κ2) is 5.89. The molecule has 0 aromatic carbocycles. The molecule has 1 aliphatic heterocycles. The second-order valence-corrected chi connectivity index (χ2v) is 7.13. The standard InChI is InChI=1S/C14H24N2O2S/c1-10-4-5-13(19-10)12(6-15)16-7-11(8-17)18-14(2,3)9-16/h4-5,11-12,17H,6-9,15H2,1-3H3. The highest BCUT2D eigenvalue weighted by Crippen LogP contribution is 2.31. The van der Waals surface area contributed by atoms with Gasteiger partial charge in [0.25, 0.3) is 0 Å². The summed E-state index contributed by atoms with van der Waals surface area (Å²) in [7, 11) is 0. The zero-order chi connectivity index (χ0) is 14.0. The van der Waals surface area contributed by atoms with Gasteiger partial charge in [-0.05, 0) is 32.9 Å². The number of ether oxygens (including phenoxy) is 1. The molecule has 3 N–H and O–H groups in total. The van der Waals surface area contributed by atoms with Gasteiger partial charge in [-0.2, -0.15) is 0 Å². The first-order valence-electron chi connectivity index (χ1n) is 6.74. The molecule has 1 aromatic rings. The van der Waals surface area contributed by atoms with Gasteiger partial charge in [-0.3, -0.25) is 4.90 Å². The zero-order valence-electron chi connectivity index (χ0n) is 11.9. The lowest BCUT2D eigenvalue weighted by Crippen LogP contribution is -2.55. The molecule has 19 heavy (non-hydrogen) atoms. The summed E-state index contributed by atoms with van der Waals surface area (Å²) >= 11 is 1.80. The van der Waals surface area contributed by atoms with Crippen molar-refractivity contribution in [2.75, 3.05) is 26.2 Å². The predicted molar refractivity (Wildman–Crippen MR) is 78.5 cm³/mol. The lowest BCUT2D eigenvalue weighted by atomic mass is 10.0. The van der Waals surface area contributed by atoms with E-state index in [1.165, 1.54) is 9.75 Å². The molecule has 1 fully saturated rings. The van der Waals surface area contributed by atoms with Crippen molar-refractivity contribution in [1.29, 1.82) is 0 Å². The molecule has 0 amide bonds. The minimum atomic E-state index is -0.245. The number of hydrogen-bond donors (Lipinski definition) is 2. The van der Waals surface area contributed by atoms with Crippen molar-refractivity contribution < 1.29 is 9.84 Å². The third kappa shape index (κ3) is 3.55. The number of morpholine rings is 1. The molecule has 5 heteroatoms. The molecule has 2 heterocycles. The van der Waals surface area contributed by atoms with E-state index in [0.29, 0.717) is 6.54 Å². The Morgan fingerprint density at radius 1 is 1.58 bits per heavy atom. The highest BCUT2D eigenvalue weighted by molar-refractivity contribution is 7.12. The molecular weight excluding hydrogens is 260 g/mol. The van der Waals surface area contributed by atoms with E-state index in [0.717, 1.165) is 13.1 Å². The monoisotopic (exact) mass is 284 g/mol. The van der Waals surface area contributed by atoms with E-state index in [2.05, 4.69) is 37.8 Å². The highest BCUT2D eigenvalue weighted by Gasteiger charge is 2.36. The van der Waals surface area contributed by atoms with Gasteiger partial charge in [-0.15, -0.1) is 11.3 Å². The number of rotatable bonds is 4. The average Bonchev–Trinajstić information content (AvgIpc) is 2.74. The summed E-state index contributed by atoms with van der Waals surface area (Å²) in [5.41, 5.74) is 5.74. The lowest BCUT2D eigenvalue weighted by molar-refractivity contribution is -0.156. The SMILES string of the molecule is Cc1ccc(C(CN)N2CC(CO)OC(C)(C)C2)s1. The molecule has 0 spiro atoms. The quantitative estimate of drug-likeness (QED) is 0.880. The van der Waals surface area contributed by atoms with Crippen LogP contribution in [0.25, 0.3) is 0 Å². The van der Waals surface area contributed by atoms with Crippen molar-refractivity contribution in [1.82, 2.24) is 4.90 Å². The summed E-state index contributed by atoms with van der Waals surface area (Å²) < 4.78 is 5.86. The highest BCUT2D eigenvalue weighted by atomic mass is 32.1. The predicted octanol–water partition coefficient (Wildman–Crippen LogP) is 1.53. The van der Waals surface area contributed by atoms with Gasteiger partial charge in [0, 0.05) is 29.4 Å². The molecule has 2 rings (SSSR count). The Morgan fingerprint density at radius 2 is 2.32 bits per heavy atom. The zero-order valence-corrected chi connectivity index (χ0v) is 12.7. The minimum Gasteiger partial charge on any atom is -0.394 e. The number of nitrogens with zero attached hydrogens (tertiary/aromatic N) is 1. The molecular formula is C14H24N2O2S. The van der Waals surface area contributed by atoms with Gasteiger partial charge in [-0.1, -0.05) is 0 Å². The fraction of sp³-hybridized carbons (Fsp3) is 0.714. The largest absolute Gasteiger partial charge is 0.394 e. The van der Waals surface area contributed by atoms with Gasteiger partial charge in [-0.25, -0.2) is 0 Å². The van der Waals surface area contributed by atoms with Crippen LogP contribution >= 0.6 is 11.3 Å². The summed E-state index contributed by atoms with van der Waals surface area (Å²) in [4.78, 5) is 4.95. The summed E-state index contributed by atoms with van der Waals surface area (Å²) in [6, 6.07) is 4.52. The van der Waals surface area contributed by atoms with Crippen molar-refractivity contribution in [3.05, 3.63) is 21.9 Å². The molecule has 0 aliphatic carbocycles. The topological polar surface area (TPSA) is 58.7 Å². The van der Waals surface area contributed by atoms with E-state index in [1.807, 2.05) is 0 Å². The molecule has 1 aliphatic rings. The molecule has 2 unspecified atom stereocenters. The molecule has 108 valence electrons. The van der Waals surface area contributed by atoms with E-state index < -0.39 is 0 Å². The lowest BCUT2D eigenvalue weighted by Gasteiger charge is -2.45. The van der Waals surface area contributed by atoms with E-state index in [-0.39, 0.29) is 24.4 Å². The number of hydrogen-bond acceptors (Lipinski definition) is 5. The van der Waals surface area contributed by atoms with Crippen molar-refractivity contribution in [3.63, 3.8) is 0 Å². The van der Waals surface area contributed by atoms with Gasteiger partial charge in [0.2, 0.25) is 0 Å². The first-order chi connectivity index (χ1) is 8.95. The molecule has 0 radical (unpaired) electrons. The third-order valence-corrected chi connectivity index (χ3v) is 4.57. The van der Waals surface area contributed by atoms with Crippen LogP contribution in [0.1, 0.15) is 29.6 Å². The van der Waals surface area contributed by atoms with Crippen molar-refractivity contribution in [3.8, 4) is 0 Å². The molecule has 0 bridgehead atoms. The first-order valence-corrected chi connectivity index (χ1v) is 7.56. The summed E-state index contributed by atoms with van der Waals surface area (Å²) in [5.74, 6) is 0. The Hall–Kier alpha value is -0.460. The smallest absolute Gasteiger partial charge is 0.0940 e. The Balaban J connectivity index is 2.17. The maximum absolute atomic E-state index is 9.39. The number of nitrogens with two attached hydrogens (primary N) is 1. The van der Waals surface area contributed by atoms with Gasteiger partial charge in [0.1, 0.15) is 0 Å². The summed E-state index contributed by atoms with van der Waals surface area (Å²) in [5, 5.41) is 9.39. The van der Waals surface area contributed by atoms with Crippen LogP contribution in [-0.2, 0) is 4.74 Å². The van der Waals surface area contributed by atoms with Crippen LogP contribution in [0.15, 0.2) is 12.1 Å². The first kappa shape index (κ1) is 14.9. The minimum absolute atomic E-state index is 0.0562. The maximum Gasteiger partial charge on any atom is 0.0940 e. The Kier molecular flexibility index (Phi) is 4.63. The average molecular weight is 284 g/mol. The van der Waals surface area contributed by atoms with Crippen molar-refractivity contribution in [2.45, 2.75) is 38.5 Å². The number of aliphatic hydroxyl groups is 1. The van der Waals surface area contributed by atoms with Crippen LogP contribution in [-0.4, -0.2) is 48.0 Å². The van der Waals surface area contributed by atoms with Crippen LogP contribution in [0, 0.1) is 6.92 Å². The van der Waals surface area contributed by atoms with Crippen LogP contribution < -0.4 is 5.73 Å². The molecule has 1 saturated heterocycles. The van der Waals surface area contributed by atoms with Crippen molar-refractivity contribution in [2.24, 2.45) is 5.73 Å². The number of aryl methyl sites for hydroxylation is 1. The van der Waals surface area contributed by atoms with Gasteiger partial charge in [0.15, 0.2) is 0 Å². The van der Waals surface area contributed by atoms with Gasteiger partial charge in [0.05, 0.1) is 24.4 Å². The number of aliphatic hydroxyl groups excluding tert-OH is 1. The van der Waals surface area contributed by atoms with Gasteiger partial charge >= 0.3 is 0 Å². The summed E-state index contributed by atoms with van der Waals surface area (Å²) in [6.07, 6.45) is -0.126. The maximum atomic E-state index is 9.39. The van der Waals surface area contributed by atoms with E-state index in [9.17, 15) is 5.11 Å². The molecule has 4 nitrogen and oxygen atoms in total. The second-order valence-electron chi connectivity index (χ2n) is 5.81. The van der Waals surface area contributed by atoms with Crippen LogP contribution in [0.5, 0.6) is 0 Å². The molecule has 1 aromatic heterocycles. The Morgan fingerprint density at radius 3 is 2.84 bits per heavy atom. The van der Waals surface area contributed by atoms with Crippen LogP contribution in [0.4, 0.5) is 0 Å². The third-order valence-electron chi connectivity index (χ3n) is 3.46. The van der Waals surface area contributed by atoms with Crippen molar-refractivity contribution >= 4 is 11.3 Å². The summed E-state index contributed by atoms with van der Waals surface area (Å²) in [6.45, 7) is 8.46. The fourth-order valence-corrected chi connectivity index (χ4v) is 3.78. The van der Waals surface area contributed by atoms with Gasteiger partial charge < -0.3 is 15.6 Å². The Labute approximate surface area is 119 Å². The molecule has 2 atom stereocenters. The molecule has 0 saturated carbocycles. The van der Waals surface area contributed by atoms with Crippen LogP contribution in [0.3, 0.4) is 0 Å². The van der Waals surface area contributed by atoms with E-state index >= 15 is 0 Å². The Bertz CT molecular complexity index is 419. The van der Waals surface area contributed by atoms with E-state index in [1.54, 1.807) is 11.3 Å². The van der Waals surface area contributed by atoms with E-state index in [4.69, 9.17) is 10.5 Å². The van der Waals surface area contributed by atoms with Crippen LogP contribution in [0.2, 0.25) is 0 Å². The normalized spacial score (nSPS) is 25.4.